The second-order valence-corrected chi connectivity index (χ2v) is 2.78. The molecule has 0 aromatic heterocycles. The molecule has 3 N–H and O–H groups in total. The predicted molar refractivity (Wildman–Crippen MR) is 41.4 cm³/mol. The maximum Gasteiger partial charge on any atom is 0.327 e. The zero-order valence-electron chi connectivity index (χ0n) is 6.69. The van der Waals surface area contributed by atoms with Gasteiger partial charge in [-0.1, -0.05) is 0 Å². The molecule has 0 aromatic carbocycles. The van der Waals surface area contributed by atoms with Crippen LogP contribution in [0.2, 0.25) is 0 Å². The number of carbonyl (C=O) groups excluding carboxylic acids is 1. The molecule has 1 unspecified atom stereocenters. The molecule has 1 fully saturated rings. The molecule has 1 rings (SSSR count). The third kappa shape index (κ3) is 1.55. The average Bonchev–Trinajstić information content (AvgIpc) is 2.38. The number of aliphatic carboxylic acids is 1. The van der Waals surface area contributed by atoms with Crippen molar-refractivity contribution in [3.05, 3.63) is 0 Å². The Morgan fingerprint density at radius 2 is 2.42 bits per heavy atom. The van der Waals surface area contributed by atoms with Crippen LogP contribution < -0.4 is 5.73 Å². The lowest BCUT2D eigenvalue weighted by atomic mass is 10.2. The largest absolute Gasteiger partial charge is 0.480 e. The van der Waals surface area contributed by atoms with Crippen molar-refractivity contribution in [3.8, 4) is 0 Å². The summed E-state index contributed by atoms with van der Waals surface area (Å²) in [4.78, 5) is 23.0. The highest BCUT2D eigenvalue weighted by Gasteiger charge is 2.31. The molecular formula is C7H12N2O3. The molecule has 1 amide bonds. The summed E-state index contributed by atoms with van der Waals surface area (Å²) in [6, 6.07) is -0.833. The van der Waals surface area contributed by atoms with Gasteiger partial charge >= 0.3 is 5.97 Å². The number of hydrogen-bond acceptors (Lipinski definition) is 3. The topological polar surface area (TPSA) is 83.6 Å². The summed E-state index contributed by atoms with van der Waals surface area (Å²) in [7, 11) is 0. The molecular weight excluding hydrogens is 160 g/mol. The van der Waals surface area contributed by atoms with Gasteiger partial charge in [0.25, 0.3) is 0 Å². The molecule has 5 heteroatoms. The number of nitrogens with zero attached hydrogens (tertiary/aromatic N) is 1. The molecule has 0 aliphatic carbocycles. The van der Waals surface area contributed by atoms with Gasteiger partial charge in [0.05, 0.1) is 0 Å². The lowest BCUT2D eigenvalue weighted by Crippen LogP contribution is -2.46. The van der Waals surface area contributed by atoms with Gasteiger partial charge in [0.15, 0.2) is 0 Å². The molecule has 0 bridgehead atoms. The van der Waals surface area contributed by atoms with E-state index in [1.807, 2.05) is 0 Å². The molecule has 1 aliphatic rings. The number of carboxylic acid groups (broad SMARTS) is 1. The SMILES string of the molecule is NCC(C(=O)O)N1CCCC1=O. The summed E-state index contributed by atoms with van der Waals surface area (Å²) in [6.07, 6.45) is 1.19. The van der Waals surface area contributed by atoms with Crippen LogP contribution in [0.5, 0.6) is 0 Å². The minimum absolute atomic E-state index is 0.0128. The average molecular weight is 172 g/mol. The van der Waals surface area contributed by atoms with Crippen molar-refractivity contribution in [2.75, 3.05) is 13.1 Å². The minimum atomic E-state index is -1.02. The van der Waals surface area contributed by atoms with E-state index in [2.05, 4.69) is 0 Å². The quantitative estimate of drug-likeness (QED) is 0.573. The van der Waals surface area contributed by atoms with E-state index in [0.29, 0.717) is 13.0 Å². The Labute approximate surface area is 70.1 Å². The van der Waals surface area contributed by atoms with Crippen LogP contribution in [0.4, 0.5) is 0 Å². The monoisotopic (exact) mass is 172 g/mol. The Balaban J connectivity index is 2.65. The van der Waals surface area contributed by atoms with Gasteiger partial charge in [0.2, 0.25) is 5.91 Å². The number of hydrogen-bond donors (Lipinski definition) is 2. The maximum atomic E-state index is 11.1. The Morgan fingerprint density at radius 3 is 2.75 bits per heavy atom. The third-order valence-electron chi connectivity index (χ3n) is 1.99. The van der Waals surface area contributed by atoms with Crippen LogP contribution in [0, 0.1) is 0 Å². The summed E-state index contributed by atoms with van der Waals surface area (Å²) >= 11 is 0. The highest BCUT2D eigenvalue weighted by atomic mass is 16.4. The molecule has 1 saturated heterocycles. The van der Waals surface area contributed by atoms with Gasteiger partial charge < -0.3 is 15.7 Å². The molecule has 12 heavy (non-hydrogen) atoms. The van der Waals surface area contributed by atoms with Gasteiger partial charge in [0, 0.05) is 19.5 Å². The van der Waals surface area contributed by atoms with Crippen LogP contribution >= 0.6 is 0 Å². The second-order valence-electron chi connectivity index (χ2n) is 2.78. The first-order chi connectivity index (χ1) is 5.66. The predicted octanol–water partition coefficient (Wildman–Crippen LogP) is -0.979. The van der Waals surface area contributed by atoms with E-state index in [1.54, 1.807) is 0 Å². The van der Waals surface area contributed by atoms with Gasteiger partial charge in [-0.2, -0.15) is 0 Å². The number of amides is 1. The molecule has 0 aromatic rings. The van der Waals surface area contributed by atoms with E-state index in [1.165, 1.54) is 4.90 Å². The van der Waals surface area contributed by atoms with Crippen molar-refractivity contribution in [2.24, 2.45) is 5.73 Å². The summed E-state index contributed by atoms with van der Waals surface area (Å²) in [5.74, 6) is -1.12. The molecule has 0 radical (unpaired) electrons. The highest BCUT2D eigenvalue weighted by molar-refractivity contribution is 5.85. The minimum Gasteiger partial charge on any atom is -0.480 e. The number of carboxylic acids is 1. The van der Waals surface area contributed by atoms with E-state index >= 15 is 0 Å². The van der Waals surface area contributed by atoms with E-state index < -0.39 is 12.0 Å². The van der Waals surface area contributed by atoms with Crippen LogP contribution in [0.1, 0.15) is 12.8 Å². The summed E-state index contributed by atoms with van der Waals surface area (Å²) in [5.41, 5.74) is 5.24. The van der Waals surface area contributed by atoms with Crippen molar-refractivity contribution in [3.63, 3.8) is 0 Å². The Morgan fingerprint density at radius 1 is 1.75 bits per heavy atom. The van der Waals surface area contributed by atoms with Crippen molar-refractivity contribution >= 4 is 11.9 Å². The van der Waals surface area contributed by atoms with Crippen molar-refractivity contribution in [1.82, 2.24) is 4.90 Å². The number of nitrogens with two attached hydrogens (primary N) is 1. The standard InChI is InChI=1S/C7H12N2O3/c8-4-5(7(11)12)9-3-1-2-6(9)10/h5H,1-4,8H2,(H,11,12). The van der Waals surface area contributed by atoms with Gasteiger partial charge in [-0.05, 0) is 6.42 Å². The van der Waals surface area contributed by atoms with E-state index in [9.17, 15) is 9.59 Å². The van der Waals surface area contributed by atoms with Crippen LogP contribution in [-0.2, 0) is 9.59 Å². The summed E-state index contributed by atoms with van der Waals surface area (Å²) in [5, 5.41) is 8.68. The Bertz CT molecular complexity index is 205. The van der Waals surface area contributed by atoms with E-state index in [0.717, 1.165) is 6.42 Å². The fraction of sp³-hybridized carbons (Fsp3) is 0.714. The lowest BCUT2D eigenvalue weighted by Gasteiger charge is -2.22. The molecule has 1 heterocycles. The van der Waals surface area contributed by atoms with Crippen LogP contribution in [0.15, 0.2) is 0 Å². The Kier molecular flexibility index (Phi) is 2.65. The Hall–Kier alpha value is -1.10. The van der Waals surface area contributed by atoms with Crippen molar-refractivity contribution in [2.45, 2.75) is 18.9 Å². The highest BCUT2D eigenvalue weighted by Crippen LogP contribution is 2.12. The van der Waals surface area contributed by atoms with Gasteiger partial charge in [-0.3, -0.25) is 4.79 Å². The maximum absolute atomic E-state index is 11.1. The molecule has 0 saturated carbocycles. The lowest BCUT2D eigenvalue weighted by molar-refractivity contribution is -0.147. The summed E-state index contributed by atoms with van der Waals surface area (Å²) in [6.45, 7) is 0.508. The zero-order chi connectivity index (χ0) is 9.14. The first-order valence-electron chi connectivity index (χ1n) is 3.89. The molecule has 1 aliphatic heterocycles. The molecule has 0 spiro atoms. The van der Waals surface area contributed by atoms with Gasteiger partial charge in [0.1, 0.15) is 6.04 Å². The fourth-order valence-electron chi connectivity index (χ4n) is 1.36. The van der Waals surface area contributed by atoms with Gasteiger partial charge in [-0.15, -0.1) is 0 Å². The molecule has 68 valence electrons. The smallest absolute Gasteiger partial charge is 0.327 e. The van der Waals surface area contributed by atoms with Gasteiger partial charge in [-0.25, -0.2) is 4.79 Å². The zero-order valence-corrected chi connectivity index (χ0v) is 6.69. The van der Waals surface area contributed by atoms with Crippen molar-refractivity contribution < 1.29 is 14.7 Å². The van der Waals surface area contributed by atoms with Crippen LogP contribution in [-0.4, -0.2) is 41.0 Å². The van der Waals surface area contributed by atoms with E-state index in [-0.39, 0.29) is 12.5 Å². The van der Waals surface area contributed by atoms with Crippen LogP contribution in [0.3, 0.4) is 0 Å². The normalized spacial score (nSPS) is 19.8. The number of likely N-dealkylation sites (tertiary alicyclic amines) is 1. The molecule has 1 atom stereocenters. The number of carbonyl (C=O) groups is 2. The number of rotatable bonds is 3. The third-order valence-corrected chi connectivity index (χ3v) is 1.99. The first kappa shape index (κ1) is 8.99. The van der Waals surface area contributed by atoms with Crippen LogP contribution in [0.25, 0.3) is 0 Å². The second kappa shape index (κ2) is 3.53. The fourth-order valence-corrected chi connectivity index (χ4v) is 1.36. The first-order valence-corrected chi connectivity index (χ1v) is 3.89. The summed E-state index contributed by atoms with van der Waals surface area (Å²) < 4.78 is 0. The van der Waals surface area contributed by atoms with E-state index in [4.69, 9.17) is 10.8 Å². The molecule has 5 nitrogen and oxygen atoms in total. The van der Waals surface area contributed by atoms with Crippen molar-refractivity contribution in [1.29, 1.82) is 0 Å².